The van der Waals surface area contributed by atoms with Crippen molar-refractivity contribution < 1.29 is 9.18 Å². The number of amides is 1. The molecule has 140 valence electrons. The highest BCUT2D eigenvalue weighted by atomic mass is 32.2. The fourth-order valence-electron chi connectivity index (χ4n) is 2.68. The van der Waals surface area contributed by atoms with Gasteiger partial charge in [0.1, 0.15) is 17.2 Å². The van der Waals surface area contributed by atoms with E-state index in [1.807, 2.05) is 31.2 Å². The summed E-state index contributed by atoms with van der Waals surface area (Å²) < 4.78 is 15.1. The van der Waals surface area contributed by atoms with Gasteiger partial charge in [0.05, 0.1) is 5.69 Å². The van der Waals surface area contributed by atoms with Crippen LogP contribution in [0.2, 0.25) is 0 Å². The van der Waals surface area contributed by atoms with Crippen molar-refractivity contribution in [2.45, 2.75) is 23.3 Å². The zero-order valence-electron chi connectivity index (χ0n) is 15.0. The number of nitrogens with one attached hydrogen (secondary N) is 1. The first kappa shape index (κ1) is 18.1. The molecule has 0 aliphatic rings. The van der Waals surface area contributed by atoms with Gasteiger partial charge in [-0.15, -0.1) is 0 Å². The minimum Gasteiger partial charge on any atom is -0.321 e. The molecule has 0 radical (unpaired) electrons. The number of hydrogen-bond donors (Lipinski definition) is 1. The van der Waals surface area contributed by atoms with Gasteiger partial charge in [0.25, 0.3) is 11.7 Å². The van der Waals surface area contributed by atoms with Gasteiger partial charge >= 0.3 is 0 Å². The quantitative estimate of drug-likeness (QED) is 0.514. The second-order valence-electron chi connectivity index (χ2n) is 5.97. The van der Waals surface area contributed by atoms with Crippen molar-refractivity contribution in [2.24, 2.45) is 0 Å². The molecule has 6 nitrogen and oxygen atoms in total. The molecule has 0 saturated heterocycles. The van der Waals surface area contributed by atoms with Gasteiger partial charge in [-0.2, -0.15) is 14.6 Å². The zero-order chi connectivity index (χ0) is 19.5. The third-order valence-electron chi connectivity index (χ3n) is 4.07. The van der Waals surface area contributed by atoms with Crippen LogP contribution in [-0.2, 0) is 6.42 Å². The lowest BCUT2D eigenvalue weighted by atomic mass is 10.2. The first-order valence-corrected chi connectivity index (χ1v) is 9.49. The smallest absolute Gasteiger partial charge is 0.255 e. The molecule has 0 atom stereocenters. The second kappa shape index (κ2) is 7.77. The van der Waals surface area contributed by atoms with Crippen molar-refractivity contribution >= 4 is 29.1 Å². The summed E-state index contributed by atoms with van der Waals surface area (Å²) in [4.78, 5) is 22.0. The Kier molecular flexibility index (Phi) is 5.03. The normalized spacial score (nSPS) is 10.9. The first-order valence-electron chi connectivity index (χ1n) is 8.67. The molecule has 0 aliphatic carbocycles. The Bertz CT molecular complexity index is 1160. The van der Waals surface area contributed by atoms with E-state index < -0.39 is 5.82 Å². The van der Waals surface area contributed by atoms with Crippen LogP contribution in [0.5, 0.6) is 0 Å². The summed E-state index contributed by atoms with van der Waals surface area (Å²) in [5, 5.41) is 7.93. The lowest BCUT2D eigenvalue weighted by Gasteiger charge is -2.12. The summed E-state index contributed by atoms with van der Waals surface area (Å²) in [6, 6.07) is 15.0. The van der Waals surface area contributed by atoms with Crippen molar-refractivity contribution in [1.29, 1.82) is 0 Å². The Labute approximate surface area is 164 Å². The van der Waals surface area contributed by atoms with E-state index in [-0.39, 0.29) is 11.5 Å². The second-order valence-corrected chi connectivity index (χ2v) is 7.04. The van der Waals surface area contributed by atoms with Crippen LogP contribution in [0, 0.1) is 5.82 Å². The molecular formula is C20H16FN5OS. The van der Waals surface area contributed by atoms with Crippen molar-refractivity contribution in [3.8, 4) is 0 Å². The predicted octanol–water partition coefficient (Wildman–Crippen LogP) is 4.23. The Balaban J connectivity index is 1.65. The van der Waals surface area contributed by atoms with E-state index in [0.29, 0.717) is 11.5 Å². The van der Waals surface area contributed by atoms with E-state index >= 15 is 0 Å². The summed E-state index contributed by atoms with van der Waals surface area (Å²) in [5.41, 5.74) is 1.80. The Hall–Kier alpha value is -3.26. The van der Waals surface area contributed by atoms with Gasteiger partial charge in [0, 0.05) is 16.2 Å². The van der Waals surface area contributed by atoms with Crippen LogP contribution in [0.3, 0.4) is 0 Å². The third kappa shape index (κ3) is 3.72. The molecule has 28 heavy (non-hydrogen) atoms. The molecule has 0 fully saturated rings. The van der Waals surface area contributed by atoms with Gasteiger partial charge in [-0.3, -0.25) is 4.79 Å². The molecule has 4 aromatic rings. The van der Waals surface area contributed by atoms with Crippen LogP contribution in [0.4, 0.5) is 10.1 Å². The molecule has 0 aliphatic heterocycles. The van der Waals surface area contributed by atoms with Crippen molar-refractivity contribution in [3.05, 3.63) is 78.0 Å². The summed E-state index contributed by atoms with van der Waals surface area (Å²) in [6.45, 7) is 2.02. The van der Waals surface area contributed by atoms with E-state index in [9.17, 15) is 9.18 Å². The molecule has 0 bridgehead atoms. The average Bonchev–Trinajstić information content (AvgIpc) is 3.18. The molecule has 4 rings (SSSR count). The maximum Gasteiger partial charge on any atom is 0.255 e. The highest BCUT2D eigenvalue weighted by Crippen LogP contribution is 2.33. The number of nitrogens with zero attached hydrogens (tertiary/aromatic N) is 4. The maximum atomic E-state index is 13.4. The van der Waals surface area contributed by atoms with Gasteiger partial charge in [0.15, 0.2) is 0 Å². The number of anilines is 1. The molecule has 0 saturated carbocycles. The van der Waals surface area contributed by atoms with E-state index in [1.54, 1.807) is 16.6 Å². The number of carbonyl (C=O) groups is 1. The van der Waals surface area contributed by atoms with Crippen LogP contribution < -0.4 is 5.32 Å². The molecule has 2 aromatic heterocycles. The maximum absolute atomic E-state index is 13.4. The van der Waals surface area contributed by atoms with E-state index in [4.69, 9.17) is 0 Å². The fraction of sp³-hybridized carbons (Fsp3) is 0.100. The van der Waals surface area contributed by atoms with Gasteiger partial charge in [-0.05, 0) is 42.8 Å². The standard InChI is InChI=1S/C20H16FN5OS/c1-2-15-11-18(26-20(24-15)22-12-23-26)28-17-9-4-3-8-16(17)25-19(27)13-6-5-7-14(21)10-13/h3-12H,2H2,1H3,(H,25,27). The minimum absolute atomic E-state index is 0.260. The molecule has 0 spiro atoms. The number of para-hydroxylation sites is 1. The fourth-order valence-corrected chi connectivity index (χ4v) is 3.69. The third-order valence-corrected chi connectivity index (χ3v) is 5.15. The lowest BCUT2D eigenvalue weighted by molar-refractivity contribution is 0.102. The van der Waals surface area contributed by atoms with E-state index in [0.717, 1.165) is 22.0 Å². The predicted molar refractivity (Wildman–Crippen MR) is 105 cm³/mol. The van der Waals surface area contributed by atoms with Gasteiger partial charge in [0.2, 0.25) is 0 Å². The van der Waals surface area contributed by atoms with Gasteiger partial charge in [-0.25, -0.2) is 9.37 Å². The Morgan fingerprint density at radius 2 is 2.04 bits per heavy atom. The molecular weight excluding hydrogens is 377 g/mol. The van der Waals surface area contributed by atoms with Crippen molar-refractivity contribution in [1.82, 2.24) is 19.6 Å². The number of halogens is 1. The summed E-state index contributed by atoms with van der Waals surface area (Å²) >= 11 is 1.45. The Morgan fingerprint density at radius 3 is 2.86 bits per heavy atom. The Morgan fingerprint density at radius 1 is 1.18 bits per heavy atom. The zero-order valence-corrected chi connectivity index (χ0v) is 15.8. The van der Waals surface area contributed by atoms with Gasteiger partial charge in [-0.1, -0.05) is 36.9 Å². The number of rotatable bonds is 5. The number of aromatic nitrogens is 4. The van der Waals surface area contributed by atoms with Crippen LogP contribution in [0.1, 0.15) is 23.0 Å². The number of carbonyl (C=O) groups excluding carboxylic acids is 1. The summed E-state index contributed by atoms with van der Waals surface area (Å²) in [7, 11) is 0. The minimum atomic E-state index is -0.451. The number of hydrogen-bond acceptors (Lipinski definition) is 5. The van der Waals surface area contributed by atoms with Crippen LogP contribution >= 0.6 is 11.8 Å². The highest BCUT2D eigenvalue weighted by Gasteiger charge is 2.13. The largest absolute Gasteiger partial charge is 0.321 e. The molecule has 1 N–H and O–H groups in total. The number of benzene rings is 2. The van der Waals surface area contributed by atoms with E-state index in [1.165, 1.54) is 36.3 Å². The molecule has 8 heteroatoms. The molecule has 0 unspecified atom stereocenters. The molecule has 2 heterocycles. The van der Waals surface area contributed by atoms with Crippen LogP contribution in [-0.4, -0.2) is 25.5 Å². The number of fused-ring (bicyclic) bond motifs is 1. The topological polar surface area (TPSA) is 72.2 Å². The summed E-state index contributed by atoms with van der Waals surface area (Å²) in [6.07, 6.45) is 2.23. The van der Waals surface area contributed by atoms with Crippen molar-refractivity contribution in [2.75, 3.05) is 5.32 Å². The van der Waals surface area contributed by atoms with Gasteiger partial charge < -0.3 is 5.32 Å². The van der Waals surface area contributed by atoms with Crippen molar-refractivity contribution in [3.63, 3.8) is 0 Å². The van der Waals surface area contributed by atoms with Crippen LogP contribution in [0.25, 0.3) is 5.78 Å². The number of aryl methyl sites for hydroxylation is 1. The first-order chi connectivity index (χ1) is 13.6. The monoisotopic (exact) mass is 393 g/mol. The average molecular weight is 393 g/mol. The lowest BCUT2D eigenvalue weighted by Crippen LogP contribution is -2.12. The molecule has 1 amide bonds. The SMILES string of the molecule is CCc1cc(Sc2ccccc2NC(=O)c2cccc(F)c2)n2ncnc2n1. The highest BCUT2D eigenvalue weighted by molar-refractivity contribution is 7.99. The van der Waals surface area contributed by atoms with E-state index in [2.05, 4.69) is 20.4 Å². The molecule has 2 aromatic carbocycles. The summed E-state index contributed by atoms with van der Waals surface area (Å²) in [5.74, 6) is -0.293. The van der Waals surface area contributed by atoms with Crippen LogP contribution in [0.15, 0.2) is 70.8 Å².